The van der Waals surface area contributed by atoms with Crippen LogP contribution in [0.25, 0.3) is 0 Å². The van der Waals surface area contributed by atoms with E-state index in [9.17, 15) is 4.79 Å². The maximum atomic E-state index is 11.1. The van der Waals surface area contributed by atoms with Crippen molar-refractivity contribution >= 4 is 11.8 Å². The van der Waals surface area contributed by atoms with Gasteiger partial charge in [0.15, 0.2) is 0 Å². The number of pyridine rings is 1. The molecule has 1 atom stereocenters. The molecule has 0 aromatic carbocycles. The van der Waals surface area contributed by atoms with Crippen molar-refractivity contribution in [1.29, 1.82) is 0 Å². The summed E-state index contributed by atoms with van der Waals surface area (Å²) in [5, 5.41) is 12.5. The second-order valence-electron chi connectivity index (χ2n) is 6.31. The van der Waals surface area contributed by atoms with Gasteiger partial charge in [-0.25, -0.2) is 4.98 Å². The van der Waals surface area contributed by atoms with E-state index >= 15 is 0 Å². The lowest BCUT2D eigenvalue weighted by Gasteiger charge is -2.22. The van der Waals surface area contributed by atoms with Crippen molar-refractivity contribution < 1.29 is 9.90 Å². The summed E-state index contributed by atoms with van der Waals surface area (Å²) in [4.78, 5) is 15.8. The van der Waals surface area contributed by atoms with Gasteiger partial charge in [-0.05, 0) is 58.1 Å². The molecule has 19 heavy (non-hydrogen) atoms. The molecule has 0 bridgehead atoms. The van der Waals surface area contributed by atoms with Gasteiger partial charge >= 0.3 is 5.97 Å². The van der Waals surface area contributed by atoms with Crippen molar-refractivity contribution in [2.75, 3.05) is 5.32 Å². The molecule has 0 aliphatic heterocycles. The first-order chi connectivity index (χ1) is 8.85. The number of anilines is 1. The molecule has 0 fully saturated rings. The van der Waals surface area contributed by atoms with Crippen molar-refractivity contribution in [3.63, 3.8) is 0 Å². The largest absolute Gasteiger partial charge is 0.481 e. The summed E-state index contributed by atoms with van der Waals surface area (Å²) < 4.78 is 0. The molecule has 1 aliphatic carbocycles. The summed E-state index contributed by atoms with van der Waals surface area (Å²) in [6.45, 7) is 6.29. The minimum atomic E-state index is -0.690. The summed E-state index contributed by atoms with van der Waals surface area (Å²) in [7, 11) is 0. The number of hydrogen-bond donors (Lipinski definition) is 2. The minimum Gasteiger partial charge on any atom is -0.481 e. The van der Waals surface area contributed by atoms with Crippen LogP contribution in [0.2, 0.25) is 0 Å². The summed E-state index contributed by atoms with van der Waals surface area (Å²) in [6.07, 6.45) is 3.12. The standard InChI is InChI=1S/C15H22N2O2/c1-15(2,3)17-13-8-7-10-9-11(14(18)19)5-4-6-12(10)16-13/h7-8,11H,4-6,9H2,1-3H3,(H,16,17)(H,18,19). The molecule has 0 saturated carbocycles. The van der Waals surface area contributed by atoms with E-state index in [4.69, 9.17) is 5.11 Å². The average Bonchev–Trinajstić information content (AvgIpc) is 2.48. The molecule has 2 rings (SSSR count). The van der Waals surface area contributed by atoms with Crippen LogP contribution in [0.15, 0.2) is 12.1 Å². The summed E-state index contributed by atoms with van der Waals surface area (Å²) in [5.74, 6) is -0.0748. The zero-order valence-corrected chi connectivity index (χ0v) is 11.9. The molecule has 104 valence electrons. The van der Waals surface area contributed by atoms with Gasteiger partial charge in [-0.1, -0.05) is 6.07 Å². The highest BCUT2D eigenvalue weighted by Crippen LogP contribution is 2.25. The van der Waals surface area contributed by atoms with Gasteiger partial charge < -0.3 is 10.4 Å². The molecule has 1 aromatic heterocycles. The summed E-state index contributed by atoms with van der Waals surface area (Å²) >= 11 is 0. The fourth-order valence-electron chi connectivity index (χ4n) is 2.48. The molecular weight excluding hydrogens is 240 g/mol. The van der Waals surface area contributed by atoms with Gasteiger partial charge in [0.05, 0.1) is 5.92 Å². The lowest BCUT2D eigenvalue weighted by atomic mass is 9.98. The third kappa shape index (κ3) is 3.69. The predicted molar refractivity (Wildman–Crippen MR) is 75.4 cm³/mol. The number of carbonyl (C=O) groups is 1. The van der Waals surface area contributed by atoms with Crippen molar-refractivity contribution in [2.24, 2.45) is 5.92 Å². The Kier molecular flexibility index (Phi) is 3.78. The lowest BCUT2D eigenvalue weighted by Crippen LogP contribution is -2.27. The first-order valence-corrected chi connectivity index (χ1v) is 6.85. The number of aliphatic carboxylic acids is 1. The van der Waals surface area contributed by atoms with Crippen molar-refractivity contribution in [3.8, 4) is 0 Å². The fraction of sp³-hybridized carbons (Fsp3) is 0.600. The molecule has 0 saturated heterocycles. The van der Waals surface area contributed by atoms with Gasteiger partial charge in [-0.2, -0.15) is 0 Å². The molecule has 4 heteroatoms. The van der Waals surface area contributed by atoms with Crippen molar-refractivity contribution in [2.45, 2.75) is 52.0 Å². The van der Waals surface area contributed by atoms with Gasteiger partial charge in [0.1, 0.15) is 5.82 Å². The minimum absolute atomic E-state index is 0.0183. The Morgan fingerprint density at radius 2 is 2.16 bits per heavy atom. The zero-order chi connectivity index (χ0) is 14.0. The maximum Gasteiger partial charge on any atom is 0.306 e. The van der Waals surface area contributed by atoms with Crippen LogP contribution in [0.3, 0.4) is 0 Å². The third-order valence-corrected chi connectivity index (χ3v) is 3.35. The van der Waals surface area contributed by atoms with Crippen molar-refractivity contribution in [3.05, 3.63) is 23.4 Å². The molecule has 0 amide bonds. The molecule has 1 aromatic rings. The van der Waals surface area contributed by atoms with E-state index in [2.05, 4.69) is 31.1 Å². The number of hydrogen-bond acceptors (Lipinski definition) is 3. The van der Waals surface area contributed by atoms with Gasteiger partial charge in [-0.3, -0.25) is 4.79 Å². The second kappa shape index (κ2) is 5.19. The lowest BCUT2D eigenvalue weighted by molar-refractivity contribution is -0.141. The van der Waals surface area contributed by atoms with Crippen LogP contribution in [0, 0.1) is 5.92 Å². The Hall–Kier alpha value is -1.58. The smallest absolute Gasteiger partial charge is 0.306 e. The molecule has 0 radical (unpaired) electrons. The van der Waals surface area contributed by atoms with Crippen LogP contribution in [0.4, 0.5) is 5.82 Å². The number of aryl methyl sites for hydroxylation is 1. The number of nitrogens with one attached hydrogen (secondary N) is 1. The average molecular weight is 262 g/mol. The van der Waals surface area contributed by atoms with Gasteiger partial charge in [0, 0.05) is 11.2 Å². The van der Waals surface area contributed by atoms with Crippen LogP contribution in [0.1, 0.15) is 44.9 Å². The number of fused-ring (bicyclic) bond motifs is 1. The zero-order valence-electron chi connectivity index (χ0n) is 11.9. The van der Waals surface area contributed by atoms with E-state index in [1.54, 1.807) is 0 Å². The Morgan fingerprint density at radius 1 is 1.42 bits per heavy atom. The topological polar surface area (TPSA) is 62.2 Å². The predicted octanol–water partition coefficient (Wildman–Crippen LogP) is 2.87. The van der Waals surface area contributed by atoms with E-state index in [1.807, 2.05) is 12.1 Å². The quantitative estimate of drug-likeness (QED) is 0.804. The molecule has 1 heterocycles. The number of rotatable bonds is 2. The highest BCUT2D eigenvalue weighted by Gasteiger charge is 2.23. The van der Waals surface area contributed by atoms with Gasteiger partial charge in [0.2, 0.25) is 0 Å². The second-order valence-corrected chi connectivity index (χ2v) is 6.31. The molecular formula is C15H22N2O2. The Bertz CT molecular complexity index is 478. The first-order valence-electron chi connectivity index (χ1n) is 6.85. The van der Waals surface area contributed by atoms with Crippen LogP contribution in [0.5, 0.6) is 0 Å². The van der Waals surface area contributed by atoms with Gasteiger partial charge in [0.25, 0.3) is 0 Å². The number of nitrogens with zero attached hydrogens (tertiary/aromatic N) is 1. The Balaban J connectivity index is 2.22. The highest BCUT2D eigenvalue weighted by molar-refractivity contribution is 5.70. The normalized spacial score (nSPS) is 19.4. The SMILES string of the molecule is CC(C)(C)Nc1ccc2c(n1)CCCC(C(=O)O)C2. The number of carboxylic acids is 1. The fourth-order valence-corrected chi connectivity index (χ4v) is 2.48. The molecule has 1 unspecified atom stereocenters. The molecule has 2 N–H and O–H groups in total. The van der Waals surface area contributed by atoms with Crippen LogP contribution >= 0.6 is 0 Å². The Labute approximate surface area is 114 Å². The molecule has 0 spiro atoms. The van der Waals surface area contributed by atoms with Crippen molar-refractivity contribution in [1.82, 2.24) is 4.98 Å². The van der Waals surface area contributed by atoms with Crippen LogP contribution < -0.4 is 5.32 Å². The molecule has 1 aliphatic rings. The van der Waals surface area contributed by atoms with E-state index in [-0.39, 0.29) is 11.5 Å². The third-order valence-electron chi connectivity index (χ3n) is 3.35. The van der Waals surface area contributed by atoms with E-state index in [0.717, 1.165) is 36.3 Å². The van der Waals surface area contributed by atoms with E-state index < -0.39 is 5.97 Å². The van der Waals surface area contributed by atoms with Gasteiger partial charge in [-0.15, -0.1) is 0 Å². The summed E-state index contributed by atoms with van der Waals surface area (Å²) in [6, 6.07) is 3.98. The maximum absolute atomic E-state index is 11.1. The molecule has 4 nitrogen and oxygen atoms in total. The highest BCUT2D eigenvalue weighted by atomic mass is 16.4. The van der Waals surface area contributed by atoms with E-state index in [1.165, 1.54) is 0 Å². The number of aromatic nitrogens is 1. The van der Waals surface area contributed by atoms with Crippen LogP contribution in [-0.4, -0.2) is 21.6 Å². The van der Waals surface area contributed by atoms with Crippen LogP contribution in [-0.2, 0) is 17.6 Å². The Morgan fingerprint density at radius 3 is 2.79 bits per heavy atom. The summed E-state index contributed by atoms with van der Waals surface area (Å²) in [5.41, 5.74) is 2.12. The van der Waals surface area contributed by atoms with E-state index in [0.29, 0.717) is 6.42 Å². The number of carboxylic acid groups (broad SMARTS) is 1. The monoisotopic (exact) mass is 262 g/mol. The first kappa shape index (κ1) is 13.8.